The second kappa shape index (κ2) is 7.25. The van der Waals surface area contributed by atoms with Crippen LogP contribution in [0.1, 0.15) is 36.8 Å². The lowest BCUT2D eigenvalue weighted by molar-refractivity contribution is 0.598. The first kappa shape index (κ1) is 19.0. The van der Waals surface area contributed by atoms with E-state index in [0.717, 1.165) is 36.8 Å². The van der Waals surface area contributed by atoms with Crippen LogP contribution in [0.4, 0.5) is 11.4 Å². The van der Waals surface area contributed by atoms with Gasteiger partial charge in [-0.3, -0.25) is 9.44 Å². The largest absolute Gasteiger partial charge is 0.283 e. The molecule has 0 amide bonds. The second-order valence-corrected chi connectivity index (χ2v) is 11.2. The molecule has 4 rings (SSSR count). The third kappa shape index (κ3) is 4.74. The lowest BCUT2D eigenvalue weighted by Gasteiger charge is -2.07. The first-order chi connectivity index (χ1) is 13.3. The Hall–Kier alpha value is -2.32. The molecular formula is C20H22N2O4S2. The Labute approximate surface area is 165 Å². The van der Waals surface area contributed by atoms with Crippen LogP contribution in [0, 0.1) is 0 Å². The van der Waals surface area contributed by atoms with Crippen LogP contribution in [0.2, 0.25) is 0 Å². The van der Waals surface area contributed by atoms with Crippen LogP contribution in [0.25, 0.3) is 12.2 Å². The maximum Gasteiger partial charge on any atom is 0.235 e. The summed E-state index contributed by atoms with van der Waals surface area (Å²) in [7, 11) is -6.49. The summed E-state index contributed by atoms with van der Waals surface area (Å²) in [4.78, 5) is 0. The highest BCUT2D eigenvalue weighted by molar-refractivity contribution is 7.93. The van der Waals surface area contributed by atoms with Crippen LogP contribution >= 0.6 is 0 Å². The van der Waals surface area contributed by atoms with Crippen LogP contribution in [-0.4, -0.2) is 27.3 Å². The number of rotatable bonds is 8. The van der Waals surface area contributed by atoms with Crippen molar-refractivity contribution in [3.05, 3.63) is 59.7 Å². The predicted octanol–water partition coefficient (Wildman–Crippen LogP) is 3.67. The van der Waals surface area contributed by atoms with Crippen LogP contribution in [0.15, 0.2) is 48.5 Å². The Morgan fingerprint density at radius 3 is 1.21 bits per heavy atom. The number of anilines is 2. The molecule has 0 radical (unpaired) electrons. The molecule has 2 N–H and O–H groups in total. The zero-order valence-corrected chi connectivity index (χ0v) is 16.8. The monoisotopic (exact) mass is 418 g/mol. The van der Waals surface area contributed by atoms with E-state index in [2.05, 4.69) is 9.44 Å². The van der Waals surface area contributed by atoms with Gasteiger partial charge in [-0.2, -0.15) is 0 Å². The first-order valence-electron chi connectivity index (χ1n) is 9.23. The van der Waals surface area contributed by atoms with Gasteiger partial charge in [-0.05, 0) is 61.1 Å². The molecular weight excluding hydrogens is 396 g/mol. The lowest BCUT2D eigenvalue weighted by Crippen LogP contribution is -2.17. The standard InChI is InChI=1S/C20H22N2O4S2/c23-27(24,19-11-12-19)21-17-7-3-15(4-8-17)1-2-16-5-9-18(10-6-16)22-28(25,26)20-13-14-20/h1-10,19-22H,11-14H2. The molecule has 2 saturated carbocycles. The van der Waals surface area contributed by atoms with E-state index in [-0.39, 0.29) is 10.5 Å². The Morgan fingerprint density at radius 1 is 0.607 bits per heavy atom. The van der Waals surface area contributed by atoms with E-state index in [1.165, 1.54) is 0 Å². The van der Waals surface area contributed by atoms with Crippen molar-refractivity contribution in [1.82, 2.24) is 0 Å². The molecule has 0 aliphatic heterocycles. The van der Waals surface area contributed by atoms with Gasteiger partial charge in [-0.25, -0.2) is 16.8 Å². The van der Waals surface area contributed by atoms with Gasteiger partial charge in [0, 0.05) is 11.4 Å². The Balaban J connectivity index is 1.37. The quantitative estimate of drug-likeness (QED) is 0.640. The minimum Gasteiger partial charge on any atom is -0.283 e. The molecule has 0 spiro atoms. The minimum absolute atomic E-state index is 0.246. The van der Waals surface area contributed by atoms with Crippen molar-refractivity contribution in [3.63, 3.8) is 0 Å². The van der Waals surface area contributed by atoms with E-state index in [4.69, 9.17) is 0 Å². The molecule has 0 heterocycles. The van der Waals surface area contributed by atoms with Crippen molar-refractivity contribution >= 4 is 43.6 Å². The van der Waals surface area contributed by atoms with Crippen molar-refractivity contribution in [2.24, 2.45) is 0 Å². The fraction of sp³-hybridized carbons (Fsp3) is 0.300. The normalized spacial score (nSPS) is 17.6. The van der Waals surface area contributed by atoms with E-state index in [0.29, 0.717) is 11.4 Å². The molecule has 2 aliphatic rings. The average molecular weight is 419 g/mol. The average Bonchev–Trinajstić information content (AvgIpc) is 3.53. The van der Waals surface area contributed by atoms with Gasteiger partial charge in [0.1, 0.15) is 0 Å². The molecule has 0 unspecified atom stereocenters. The molecule has 6 nitrogen and oxygen atoms in total. The molecule has 2 fully saturated rings. The molecule has 2 aliphatic carbocycles. The van der Waals surface area contributed by atoms with Gasteiger partial charge in [0.05, 0.1) is 10.5 Å². The van der Waals surface area contributed by atoms with E-state index in [1.807, 2.05) is 36.4 Å². The molecule has 0 aromatic heterocycles. The SMILES string of the molecule is O=S(=O)(Nc1ccc(C=Cc2ccc(NS(=O)(=O)C3CC3)cc2)cc1)C1CC1. The Kier molecular flexibility index (Phi) is 4.93. The van der Waals surface area contributed by atoms with Crippen molar-refractivity contribution in [3.8, 4) is 0 Å². The fourth-order valence-corrected chi connectivity index (χ4v) is 5.54. The number of nitrogens with one attached hydrogen (secondary N) is 2. The first-order valence-corrected chi connectivity index (χ1v) is 12.3. The van der Waals surface area contributed by atoms with Gasteiger partial charge in [-0.1, -0.05) is 36.4 Å². The van der Waals surface area contributed by atoms with Gasteiger partial charge >= 0.3 is 0 Å². The Bertz CT molecular complexity index is 992. The topological polar surface area (TPSA) is 92.3 Å². The van der Waals surface area contributed by atoms with Crippen molar-refractivity contribution in [1.29, 1.82) is 0 Å². The fourth-order valence-electron chi connectivity index (χ4n) is 2.77. The third-order valence-corrected chi connectivity index (χ3v) is 8.47. The maximum atomic E-state index is 11.9. The van der Waals surface area contributed by atoms with Crippen LogP contribution < -0.4 is 9.44 Å². The van der Waals surface area contributed by atoms with Gasteiger partial charge in [0.15, 0.2) is 0 Å². The molecule has 2 aromatic rings. The third-order valence-electron chi connectivity index (χ3n) is 4.74. The summed E-state index contributed by atoms with van der Waals surface area (Å²) < 4.78 is 53.0. The highest BCUT2D eigenvalue weighted by Gasteiger charge is 2.36. The van der Waals surface area contributed by atoms with Gasteiger partial charge in [-0.15, -0.1) is 0 Å². The smallest absolute Gasteiger partial charge is 0.235 e. The van der Waals surface area contributed by atoms with Crippen LogP contribution in [0.5, 0.6) is 0 Å². The molecule has 148 valence electrons. The molecule has 2 aromatic carbocycles. The van der Waals surface area contributed by atoms with Crippen molar-refractivity contribution in [2.45, 2.75) is 36.2 Å². The zero-order chi connectivity index (χ0) is 19.8. The van der Waals surface area contributed by atoms with Crippen molar-refractivity contribution in [2.75, 3.05) is 9.44 Å². The summed E-state index contributed by atoms with van der Waals surface area (Å²) in [6, 6.07) is 14.4. The van der Waals surface area contributed by atoms with Gasteiger partial charge in [0.25, 0.3) is 0 Å². The van der Waals surface area contributed by atoms with Crippen molar-refractivity contribution < 1.29 is 16.8 Å². The Morgan fingerprint density at radius 2 is 0.929 bits per heavy atom. The lowest BCUT2D eigenvalue weighted by atomic mass is 10.1. The van der Waals surface area contributed by atoms with E-state index in [9.17, 15) is 16.8 Å². The molecule has 0 bridgehead atoms. The summed E-state index contributed by atoms with van der Waals surface area (Å²) in [6.45, 7) is 0. The zero-order valence-electron chi connectivity index (χ0n) is 15.2. The highest BCUT2D eigenvalue weighted by atomic mass is 32.2. The minimum atomic E-state index is -3.24. The summed E-state index contributed by atoms with van der Waals surface area (Å²) in [5, 5.41) is -0.493. The van der Waals surface area contributed by atoms with Gasteiger partial charge in [0.2, 0.25) is 20.0 Å². The molecule has 0 saturated heterocycles. The number of hydrogen-bond donors (Lipinski definition) is 2. The number of hydrogen-bond acceptors (Lipinski definition) is 4. The van der Waals surface area contributed by atoms with E-state index < -0.39 is 20.0 Å². The van der Waals surface area contributed by atoms with E-state index >= 15 is 0 Å². The predicted molar refractivity (Wildman–Crippen MR) is 113 cm³/mol. The summed E-state index contributed by atoms with van der Waals surface area (Å²) in [6.07, 6.45) is 6.77. The highest BCUT2D eigenvalue weighted by Crippen LogP contribution is 2.30. The van der Waals surface area contributed by atoms with Crippen LogP contribution in [0.3, 0.4) is 0 Å². The van der Waals surface area contributed by atoms with Crippen LogP contribution in [-0.2, 0) is 20.0 Å². The van der Waals surface area contributed by atoms with E-state index in [1.54, 1.807) is 24.3 Å². The molecule has 28 heavy (non-hydrogen) atoms. The summed E-state index contributed by atoms with van der Waals surface area (Å²) in [5.74, 6) is 0. The maximum absolute atomic E-state index is 11.9. The second-order valence-electron chi connectivity index (χ2n) is 7.27. The number of sulfonamides is 2. The molecule has 0 atom stereocenters. The summed E-state index contributed by atoms with van der Waals surface area (Å²) >= 11 is 0. The summed E-state index contributed by atoms with van der Waals surface area (Å²) in [5.41, 5.74) is 3.01. The molecule has 8 heteroatoms. The number of benzene rings is 2. The van der Waals surface area contributed by atoms with Gasteiger partial charge < -0.3 is 0 Å².